The van der Waals surface area contributed by atoms with Gasteiger partial charge in [0.2, 0.25) is 0 Å². The maximum atomic E-state index is 14.2. The van der Waals surface area contributed by atoms with Crippen molar-refractivity contribution in [2.45, 2.75) is 6.92 Å². The van der Waals surface area contributed by atoms with Gasteiger partial charge in [0.15, 0.2) is 0 Å². The van der Waals surface area contributed by atoms with Gasteiger partial charge in [0.05, 0.1) is 30.5 Å². The number of hydrogen-bond acceptors (Lipinski definition) is 5. The van der Waals surface area contributed by atoms with Crippen LogP contribution in [-0.4, -0.2) is 26.0 Å². The molecule has 0 saturated heterocycles. The third kappa shape index (κ3) is 4.38. The van der Waals surface area contributed by atoms with Crippen LogP contribution in [0.1, 0.15) is 25.6 Å². The Labute approximate surface area is 194 Å². The SMILES string of the molecule is COc1cc(NC(=O)c2sc3cccc(F)c3c2C)c(OC)cc1NC(=O)c1ccccc1. The van der Waals surface area contributed by atoms with Crippen LogP contribution in [0.15, 0.2) is 60.7 Å². The van der Waals surface area contributed by atoms with Crippen molar-refractivity contribution in [3.63, 3.8) is 0 Å². The fourth-order valence-corrected chi connectivity index (χ4v) is 4.64. The van der Waals surface area contributed by atoms with Crippen LogP contribution in [0.25, 0.3) is 10.1 Å². The maximum Gasteiger partial charge on any atom is 0.266 e. The molecule has 0 bridgehead atoms. The number of ether oxygens (including phenoxy) is 2. The Hall–Kier alpha value is -3.91. The van der Waals surface area contributed by atoms with Crippen LogP contribution in [0.4, 0.5) is 15.8 Å². The van der Waals surface area contributed by atoms with Gasteiger partial charge in [0.25, 0.3) is 11.8 Å². The molecule has 0 aliphatic carbocycles. The first-order valence-electron chi connectivity index (χ1n) is 10.0. The van der Waals surface area contributed by atoms with Crippen LogP contribution < -0.4 is 20.1 Å². The third-order valence-corrected chi connectivity index (χ3v) is 6.42. The summed E-state index contributed by atoms with van der Waals surface area (Å²) in [4.78, 5) is 26.0. The topological polar surface area (TPSA) is 76.7 Å². The van der Waals surface area contributed by atoms with E-state index in [2.05, 4.69) is 10.6 Å². The van der Waals surface area contributed by atoms with Crippen molar-refractivity contribution in [1.82, 2.24) is 0 Å². The van der Waals surface area contributed by atoms with Crippen LogP contribution in [0.5, 0.6) is 11.5 Å². The second-order valence-corrected chi connectivity index (χ2v) is 8.25. The van der Waals surface area contributed by atoms with Crippen LogP contribution in [-0.2, 0) is 0 Å². The van der Waals surface area contributed by atoms with Gasteiger partial charge in [-0.3, -0.25) is 9.59 Å². The minimum atomic E-state index is -0.394. The number of benzene rings is 3. The summed E-state index contributed by atoms with van der Waals surface area (Å²) in [6, 6.07) is 16.7. The molecule has 0 atom stereocenters. The normalized spacial score (nSPS) is 10.7. The van der Waals surface area contributed by atoms with Gasteiger partial charge >= 0.3 is 0 Å². The number of fused-ring (bicyclic) bond motifs is 1. The molecule has 0 radical (unpaired) electrons. The highest BCUT2D eigenvalue weighted by molar-refractivity contribution is 7.21. The largest absolute Gasteiger partial charge is 0.494 e. The molecule has 0 fully saturated rings. The van der Waals surface area contributed by atoms with E-state index >= 15 is 0 Å². The fraction of sp³-hybridized carbons (Fsp3) is 0.120. The zero-order valence-electron chi connectivity index (χ0n) is 18.2. The van der Waals surface area contributed by atoms with Crippen LogP contribution in [0.3, 0.4) is 0 Å². The number of rotatable bonds is 6. The molecule has 4 aromatic rings. The Morgan fingerprint density at radius 2 is 1.45 bits per heavy atom. The molecule has 0 aliphatic heterocycles. The first-order valence-corrected chi connectivity index (χ1v) is 10.9. The van der Waals surface area contributed by atoms with Gasteiger partial charge in [-0.05, 0) is 36.8 Å². The highest BCUT2D eigenvalue weighted by Crippen LogP contribution is 2.38. The molecule has 0 saturated carbocycles. The Morgan fingerprint density at radius 3 is 2.03 bits per heavy atom. The smallest absolute Gasteiger partial charge is 0.266 e. The van der Waals surface area contributed by atoms with Gasteiger partial charge in [-0.2, -0.15) is 0 Å². The van der Waals surface area contributed by atoms with Crippen LogP contribution >= 0.6 is 11.3 Å². The van der Waals surface area contributed by atoms with Crippen molar-refractivity contribution in [3.05, 3.63) is 82.5 Å². The first-order chi connectivity index (χ1) is 15.9. The number of carbonyl (C=O) groups excluding carboxylic acids is 2. The second kappa shape index (κ2) is 9.30. The van der Waals surface area contributed by atoms with E-state index in [9.17, 15) is 14.0 Å². The predicted molar refractivity (Wildman–Crippen MR) is 128 cm³/mol. The first kappa shape index (κ1) is 22.3. The van der Waals surface area contributed by atoms with E-state index in [-0.39, 0.29) is 11.7 Å². The summed E-state index contributed by atoms with van der Waals surface area (Å²) in [5, 5.41) is 6.06. The molecule has 168 valence electrons. The number of thiophene rings is 1. The van der Waals surface area contributed by atoms with Crippen LogP contribution in [0.2, 0.25) is 0 Å². The summed E-state index contributed by atoms with van der Waals surface area (Å²) in [5.74, 6) is -0.393. The Bertz CT molecular complexity index is 1350. The standard InChI is InChI=1S/C25H21FN2O4S/c1-14-22-16(26)10-7-11-21(22)33-23(14)25(30)28-18-13-19(31-2)17(12-20(18)32-3)27-24(29)15-8-5-4-6-9-15/h4-13H,1-3H3,(H,27,29)(H,28,30). The molecule has 0 spiro atoms. The Morgan fingerprint density at radius 1 is 0.848 bits per heavy atom. The summed E-state index contributed by atoms with van der Waals surface area (Å²) in [6.07, 6.45) is 0. The molecule has 33 heavy (non-hydrogen) atoms. The van der Waals surface area contributed by atoms with Crippen molar-refractivity contribution >= 4 is 44.6 Å². The van der Waals surface area contributed by atoms with Gasteiger partial charge in [-0.25, -0.2) is 4.39 Å². The lowest BCUT2D eigenvalue weighted by molar-refractivity contribution is 0.101. The highest BCUT2D eigenvalue weighted by Gasteiger charge is 2.21. The van der Waals surface area contributed by atoms with E-state index in [0.29, 0.717) is 49.0 Å². The molecule has 2 N–H and O–H groups in total. The predicted octanol–water partition coefficient (Wildman–Crippen LogP) is 5.87. The van der Waals surface area contributed by atoms with E-state index in [1.54, 1.807) is 55.5 Å². The van der Waals surface area contributed by atoms with E-state index in [1.165, 1.54) is 31.6 Å². The third-order valence-electron chi connectivity index (χ3n) is 5.16. The minimum Gasteiger partial charge on any atom is -0.494 e. The molecule has 3 aromatic carbocycles. The number of carbonyl (C=O) groups is 2. The van der Waals surface area contributed by atoms with Crippen molar-refractivity contribution in [3.8, 4) is 11.5 Å². The second-order valence-electron chi connectivity index (χ2n) is 7.20. The van der Waals surface area contributed by atoms with Gasteiger partial charge < -0.3 is 20.1 Å². The number of halogens is 1. The molecule has 2 amide bonds. The van der Waals surface area contributed by atoms with E-state index in [0.717, 1.165) is 0 Å². The van der Waals surface area contributed by atoms with Crippen molar-refractivity contribution in [2.24, 2.45) is 0 Å². The number of methoxy groups -OCH3 is 2. The van der Waals surface area contributed by atoms with Crippen molar-refractivity contribution in [2.75, 3.05) is 24.9 Å². The summed E-state index contributed by atoms with van der Waals surface area (Å²) < 4.78 is 25.8. The lowest BCUT2D eigenvalue weighted by Crippen LogP contribution is -2.15. The molecule has 4 rings (SSSR count). The fourth-order valence-electron chi connectivity index (χ4n) is 3.53. The summed E-state index contributed by atoms with van der Waals surface area (Å²) in [7, 11) is 2.92. The summed E-state index contributed by atoms with van der Waals surface area (Å²) in [6.45, 7) is 1.72. The molecule has 0 unspecified atom stereocenters. The average Bonchev–Trinajstić information content (AvgIpc) is 3.17. The number of aryl methyl sites for hydroxylation is 1. The lowest BCUT2D eigenvalue weighted by Gasteiger charge is -2.16. The van der Waals surface area contributed by atoms with Gasteiger partial charge in [-0.15, -0.1) is 11.3 Å². The molecular weight excluding hydrogens is 443 g/mol. The van der Waals surface area contributed by atoms with Gasteiger partial charge in [-0.1, -0.05) is 24.3 Å². The van der Waals surface area contributed by atoms with Crippen LogP contribution in [0, 0.1) is 12.7 Å². The van der Waals surface area contributed by atoms with E-state index in [4.69, 9.17) is 9.47 Å². The minimum absolute atomic E-state index is 0.310. The van der Waals surface area contributed by atoms with Crippen molar-refractivity contribution in [1.29, 1.82) is 0 Å². The average molecular weight is 465 g/mol. The van der Waals surface area contributed by atoms with E-state index < -0.39 is 5.91 Å². The Kier molecular flexibility index (Phi) is 6.28. The number of hydrogen-bond donors (Lipinski definition) is 2. The lowest BCUT2D eigenvalue weighted by atomic mass is 10.1. The number of nitrogens with one attached hydrogen (secondary N) is 2. The highest BCUT2D eigenvalue weighted by atomic mass is 32.1. The van der Waals surface area contributed by atoms with Gasteiger partial charge in [0, 0.05) is 27.8 Å². The van der Waals surface area contributed by atoms with Gasteiger partial charge in [0.1, 0.15) is 17.3 Å². The summed E-state index contributed by atoms with van der Waals surface area (Å²) in [5.41, 5.74) is 1.81. The molecule has 6 nitrogen and oxygen atoms in total. The zero-order valence-corrected chi connectivity index (χ0v) is 19.0. The van der Waals surface area contributed by atoms with Crippen molar-refractivity contribution < 1.29 is 23.5 Å². The maximum absolute atomic E-state index is 14.2. The monoisotopic (exact) mass is 464 g/mol. The molecule has 1 aromatic heterocycles. The zero-order chi connectivity index (χ0) is 23.5. The quantitative estimate of drug-likeness (QED) is 0.374. The van der Waals surface area contributed by atoms with E-state index in [1.807, 2.05) is 6.07 Å². The summed E-state index contributed by atoms with van der Waals surface area (Å²) >= 11 is 1.22. The molecular formula is C25H21FN2O4S. The Balaban J connectivity index is 1.64. The molecule has 0 aliphatic rings. The number of amides is 2. The number of anilines is 2. The molecule has 8 heteroatoms. The molecule has 1 heterocycles.